The number of fused-ring (bicyclic) bond motifs is 1. The zero-order valence-corrected chi connectivity index (χ0v) is 16.9. The fourth-order valence-electron chi connectivity index (χ4n) is 3.63. The highest BCUT2D eigenvalue weighted by atomic mass is 28.3. The van der Waals surface area contributed by atoms with E-state index in [0.717, 1.165) is 24.1 Å². The summed E-state index contributed by atoms with van der Waals surface area (Å²) in [6.07, 6.45) is 1.29. The predicted octanol–water partition coefficient (Wildman–Crippen LogP) is 3.04. The highest BCUT2D eigenvalue weighted by Gasteiger charge is 2.59. The lowest BCUT2D eigenvalue weighted by Gasteiger charge is -2.27. The lowest BCUT2D eigenvalue weighted by molar-refractivity contribution is -0.117. The summed E-state index contributed by atoms with van der Waals surface area (Å²) in [6.45, 7) is 13.3. The Kier molecular flexibility index (Phi) is 4.11. The Morgan fingerprint density at radius 1 is 1.32 bits per heavy atom. The minimum atomic E-state index is -1.66. The molecule has 1 amide bonds. The summed E-state index contributed by atoms with van der Waals surface area (Å²) < 4.78 is 6.34. The number of amides is 1. The van der Waals surface area contributed by atoms with Crippen LogP contribution in [-0.2, 0) is 21.6 Å². The molecule has 0 bridgehead atoms. The Morgan fingerprint density at radius 2 is 1.96 bits per heavy atom. The number of hydrogen-bond donors (Lipinski definition) is 2. The average molecular weight is 365 g/mol. The molecule has 1 fully saturated rings. The molecular formula is C17H28N4O3Si. The van der Waals surface area contributed by atoms with Crippen LogP contribution in [0.2, 0.25) is 24.7 Å². The van der Waals surface area contributed by atoms with Gasteiger partial charge in [-0.25, -0.2) is 4.79 Å². The molecule has 0 atom stereocenters. The maximum absolute atomic E-state index is 13.0. The molecule has 0 unspecified atom stereocenters. The number of carbonyl (C=O) groups excluding carboxylic acids is 2. The molecule has 2 N–H and O–H groups in total. The van der Waals surface area contributed by atoms with Crippen molar-refractivity contribution in [3.8, 4) is 0 Å². The number of rotatable bonds is 4. The van der Waals surface area contributed by atoms with Crippen molar-refractivity contribution in [1.29, 1.82) is 0 Å². The minimum Gasteiger partial charge on any atom is -0.448 e. The maximum atomic E-state index is 13.0. The van der Waals surface area contributed by atoms with Crippen LogP contribution in [0.4, 0.5) is 10.6 Å². The van der Waals surface area contributed by atoms with Gasteiger partial charge in [-0.15, -0.1) is 4.68 Å². The van der Waals surface area contributed by atoms with Crippen molar-refractivity contribution in [3.63, 3.8) is 0 Å². The molecule has 1 aromatic heterocycles. The van der Waals surface area contributed by atoms with E-state index < -0.39 is 14.2 Å². The van der Waals surface area contributed by atoms with Crippen LogP contribution in [0.1, 0.15) is 44.9 Å². The number of ether oxygens (including phenoxy) is 1. The summed E-state index contributed by atoms with van der Waals surface area (Å²) in [5.41, 5.74) is 1.31. The summed E-state index contributed by atoms with van der Waals surface area (Å²) in [5.74, 6) is 0.477. The van der Waals surface area contributed by atoms with E-state index in [1.165, 1.54) is 4.68 Å². The molecule has 1 saturated carbocycles. The molecule has 0 radical (unpaired) electrons. The Labute approximate surface area is 149 Å². The van der Waals surface area contributed by atoms with Gasteiger partial charge in [-0.1, -0.05) is 19.6 Å². The second-order valence-corrected chi connectivity index (χ2v) is 14.0. The van der Waals surface area contributed by atoms with E-state index in [9.17, 15) is 9.59 Å². The van der Waals surface area contributed by atoms with Crippen LogP contribution in [-0.4, -0.2) is 36.5 Å². The summed E-state index contributed by atoms with van der Waals surface area (Å²) in [6, 6.07) is 0. The molecule has 8 heteroatoms. The van der Waals surface area contributed by atoms with Crippen LogP contribution in [0.5, 0.6) is 0 Å². The summed E-state index contributed by atoms with van der Waals surface area (Å²) in [7, 11) is -1.66. The first-order valence-electron chi connectivity index (χ1n) is 8.89. The molecule has 2 aliphatic rings. The lowest BCUT2D eigenvalue weighted by Crippen LogP contribution is -2.39. The van der Waals surface area contributed by atoms with Gasteiger partial charge < -0.3 is 15.4 Å². The van der Waals surface area contributed by atoms with Crippen molar-refractivity contribution >= 4 is 25.9 Å². The van der Waals surface area contributed by atoms with Gasteiger partial charge in [0, 0.05) is 17.1 Å². The molecule has 1 aliphatic carbocycles. The van der Waals surface area contributed by atoms with Crippen molar-refractivity contribution in [3.05, 3.63) is 11.3 Å². The van der Waals surface area contributed by atoms with E-state index in [2.05, 4.69) is 35.4 Å². The zero-order chi connectivity index (χ0) is 18.6. The molecule has 2 heterocycles. The minimum absolute atomic E-state index is 0.0182. The lowest BCUT2D eigenvalue weighted by atomic mass is 10.0. The number of hydrogen-bond acceptors (Lipinski definition) is 5. The van der Waals surface area contributed by atoms with E-state index >= 15 is 0 Å². The molecule has 138 valence electrons. The molecule has 0 aromatic carbocycles. The first-order chi connectivity index (χ1) is 11.5. The smallest absolute Gasteiger partial charge is 0.436 e. The highest BCUT2D eigenvalue weighted by Crippen LogP contribution is 2.61. The normalized spacial score (nSPS) is 20.1. The van der Waals surface area contributed by atoms with Gasteiger partial charge in [0.15, 0.2) is 0 Å². The third-order valence-corrected chi connectivity index (χ3v) is 9.17. The first kappa shape index (κ1) is 18.1. The summed E-state index contributed by atoms with van der Waals surface area (Å²) in [4.78, 5) is 25.4. The molecule has 7 nitrogen and oxygen atoms in total. The first-order valence-corrected chi connectivity index (χ1v) is 12.4. The molecule has 0 saturated heterocycles. The van der Waals surface area contributed by atoms with Gasteiger partial charge in [-0.3, -0.25) is 4.79 Å². The van der Waals surface area contributed by atoms with Crippen molar-refractivity contribution in [2.24, 2.45) is 0 Å². The Balaban J connectivity index is 1.98. The van der Waals surface area contributed by atoms with Gasteiger partial charge in [-0.2, -0.15) is 5.10 Å². The number of nitrogens with one attached hydrogen (secondary N) is 2. The van der Waals surface area contributed by atoms with Gasteiger partial charge in [-0.05, 0) is 33.6 Å². The van der Waals surface area contributed by atoms with E-state index in [1.54, 1.807) is 6.92 Å². The van der Waals surface area contributed by atoms with E-state index in [1.807, 2.05) is 13.8 Å². The van der Waals surface area contributed by atoms with Crippen LogP contribution in [0.25, 0.3) is 0 Å². The number of anilines is 1. The number of carbonyl (C=O) groups is 2. The van der Waals surface area contributed by atoms with Crippen molar-refractivity contribution in [2.75, 3.05) is 11.9 Å². The highest BCUT2D eigenvalue weighted by molar-refractivity contribution is 6.83. The zero-order valence-electron chi connectivity index (χ0n) is 15.9. The van der Waals surface area contributed by atoms with Crippen molar-refractivity contribution in [2.45, 2.75) is 70.4 Å². The molecule has 3 rings (SSSR count). The second kappa shape index (κ2) is 5.67. The van der Waals surface area contributed by atoms with Crippen molar-refractivity contribution in [1.82, 2.24) is 15.1 Å². The number of nitrogens with zero attached hydrogens (tertiary/aromatic N) is 2. The molecule has 1 aromatic rings. The topological polar surface area (TPSA) is 85.2 Å². The summed E-state index contributed by atoms with van der Waals surface area (Å²) in [5, 5.41) is 10.6. The van der Waals surface area contributed by atoms with E-state index in [4.69, 9.17) is 4.74 Å². The fourth-order valence-corrected chi connectivity index (χ4v) is 6.00. The Morgan fingerprint density at radius 3 is 2.48 bits per heavy atom. The van der Waals surface area contributed by atoms with Crippen molar-refractivity contribution < 1.29 is 14.3 Å². The standard InChI is InChI=1S/C17H28N4O3Si/c1-7-24-15(23)21-13(11-10-18-16(2,3)12(11)20-21)19-14(22)17(8-9-17)25(4,5)6/h18H,7-10H2,1-6H3,(H,19,22). The third kappa shape index (κ3) is 2.81. The SMILES string of the molecule is CCOC(=O)n1nc2c(c1NC(=O)C1([Si](C)(C)C)CC1)CNC2(C)C. The van der Waals surface area contributed by atoms with E-state index in [0.29, 0.717) is 12.4 Å². The Hall–Kier alpha value is -1.67. The third-order valence-electron chi connectivity index (χ3n) is 5.58. The quantitative estimate of drug-likeness (QED) is 0.802. The number of aromatic nitrogens is 2. The van der Waals surface area contributed by atoms with Gasteiger partial charge >= 0.3 is 6.09 Å². The van der Waals surface area contributed by atoms with E-state index in [-0.39, 0.29) is 23.1 Å². The van der Waals surface area contributed by atoms with Gasteiger partial charge in [0.05, 0.1) is 25.9 Å². The fraction of sp³-hybridized carbons (Fsp3) is 0.706. The average Bonchev–Trinajstić information content (AvgIpc) is 3.17. The van der Waals surface area contributed by atoms with Crippen LogP contribution >= 0.6 is 0 Å². The second-order valence-electron chi connectivity index (χ2n) is 8.55. The van der Waals surface area contributed by atoms with Gasteiger partial charge in [0.25, 0.3) is 0 Å². The summed E-state index contributed by atoms with van der Waals surface area (Å²) >= 11 is 0. The molecule has 1 aliphatic heterocycles. The van der Waals surface area contributed by atoms with Gasteiger partial charge in [0.1, 0.15) is 5.82 Å². The van der Waals surface area contributed by atoms with Crippen LogP contribution in [0, 0.1) is 0 Å². The Bertz CT molecular complexity index is 729. The molecular weight excluding hydrogens is 336 g/mol. The van der Waals surface area contributed by atoms with Crippen LogP contribution in [0.3, 0.4) is 0 Å². The monoisotopic (exact) mass is 364 g/mol. The van der Waals surface area contributed by atoms with Crippen LogP contribution in [0.15, 0.2) is 0 Å². The van der Waals surface area contributed by atoms with Crippen LogP contribution < -0.4 is 10.6 Å². The van der Waals surface area contributed by atoms with Gasteiger partial charge in [0.2, 0.25) is 5.91 Å². The largest absolute Gasteiger partial charge is 0.448 e. The predicted molar refractivity (Wildman–Crippen MR) is 98.4 cm³/mol. The molecule has 0 spiro atoms. The molecule has 25 heavy (non-hydrogen) atoms. The maximum Gasteiger partial charge on any atom is 0.436 e.